The molecule has 0 aromatic rings. The van der Waals surface area contributed by atoms with Crippen LogP contribution < -0.4 is 0 Å². The summed E-state index contributed by atoms with van der Waals surface area (Å²) in [6, 6.07) is 2.16. The van der Waals surface area contributed by atoms with Gasteiger partial charge in [0, 0.05) is 0 Å². The number of carbonyl (C=O) groups excluding carboxylic acids is 1. The summed E-state index contributed by atoms with van der Waals surface area (Å²) in [5.74, 6) is -0.408. The van der Waals surface area contributed by atoms with Crippen LogP contribution in [0.2, 0.25) is 0 Å². The van der Waals surface area contributed by atoms with Gasteiger partial charge in [0.05, 0.1) is 12.7 Å². The minimum atomic E-state index is -1.08. The number of hydrogen-bond acceptors (Lipinski definition) is 3. The Morgan fingerprint density at radius 3 is 2.38 bits per heavy atom. The SMILES string of the molecule is C/C=C(/CC)[C@@](C#N)(CCC)C(=O)OCC. The van der Waals surface area contributed by atoms with Crippen LogP contribution in [-0.4, -0.2) is 12.6 Å². The summed E-state index contributed by atoms with van der Waals surface area (Å²) in [5, 5.41) is 9.35. The Balaban J connectivity index is 5.32. The second-order valence-corrected chi connectivity index (χ2v) is 3.66. The van der Waals surface area contributed by atoms with Gasteiger partial charge in [-0.25, -0.2) is 4.79 Å². The van der Waals surface area contributed by atoms with Gasteiger partial charge >= 0.3 is 5.97 Å². The Kier molecular flexibility index (Phi) is 6.48. The number of carbonyl (C=O) groups is 1. The lowest BCUT2D eigenvalue weighted by Crippen LogP contribution is -2.33. The molecule has 0 aromatic carbocycles. The summed E-state index contributed by atoms with van der Waals surface area (Å²) in [5.41, 5.74) is -0.218. The molecule has 0 aliphatic rings. The molecule has 0 bridgehead atoms. The van der Waals surface area contributed by atoms with Crippen LogP contribution in [0.5, 0.6) is 0 Å². The third-order valence-corrected chi connectivity index (χ3v) is 2.72. The van der Waals surface area contributed by atoms with Gasteiger partial charge in [0.15, 0.2) is 5.41 Å². The van der Waals surface area contributed by atoms with E-state index in [9.17, 15) is 10.1 Å². The van der Waals surface area contributed by atoms with E-state index < -0.39 is 11.4 Å². The van der Waals surface area contributed by atoms with Crippen molar-refractivity contribution >= 4 is 5.97 Å². The van der Waals surface area contributed by atoms with E-state index in [0.717, 1.165) is 12.0 Å². The van der Waals surface area contributed by atoms with Crippen LogP contribution in [0.15, 0.2) is 11.6 Å². The van der Waals surface area contributed by atoms with Crippen LogP contribution in [0.4, 0.5) is 0 Å². The van der Waals surface area contributed by atoms with Crippen molar-refractivity contribution in [2.45, 2.75) is 47.0 Å². The Morgan fingerprint density at radius 2 is 2.06 bits per heavy atom. The molecule has 0 saturated heterocycles. The maximum Gasteiger partial charge on any atom is 0.330 e. The predicted molar refractivity (Wildman–Crippen MR) is 63.6 cm³/mol. The first-order valence-corrected chi connectivity index (χ1v) is 5.86. The zero-order valence-electron chi connectivity index (χ0n) is 10.7. The molecule has 16 heavy (non-hydrogen) atoms. The van der Waals surface area contributed by atoms with Gasteiger partial charge in [-0.3, -0.25) is 0 Å². The number of nitrogens with zero attached hydrogens (tertiary/aromatic N) is 1. The standard InChI is InChI=1S/C13H21NO2/c1-5-9-13(10-14,11(6-2)7-3)12(15)16-8-4/h6H,5,7-9H2,1-4H3/b11-6-/t13-/m0/s1. The molecule has 1 atom stereocenters. The molecule has 0 N–H and O–H groups in total. The zero-order valence-corrected chi connectivity index (χ0v) is 10.7. The molecule has 0 aliphatic carbocycles. The molecular formula is C13H21NO2. The third-order valence-electron chi connectivity index (χ3n) is 2.72. The van der Waals surface area contributed by atoms with E-state index in [-0.39, 0.29) is 0 Å². The van der Waals surface area contributed by atoms with Gasteiger partial charge in [-0.05, 0) is 32.3 Å². The van der Waals surface area contributed by atoms with E-state index in [4.69, 9.17) is 4.74 Å². The minimum Gasteiger partial charge on any atom is -0.465 e. The van der Waals surface area contributed by atoms with E-state index in [1.54, 1.807) is 6.92 Å². The van der Waals surface area contributed by atoms with Crippen molar-refractivity contribution in [1.29, 1.82) is 5.26 Å². The summed E-state index contributed by atoms with van der Waals surface area (Å²) < 4.78 is 5.03. The van der Waals surface area contributed by atoms with E-state index in [2.05, 4.69) is 6.07 Å². The molecular weight excluding hydrogens is 202 g/mol. The van der Waals surface area contributed by atoms with Crippen LogP contribution in [0.25, 0.3) is 0 Å². The van der Waals surface area contributed by atoms with Crippen molar-refractivity contribution in [2.75, 3.05) is 6.61 Å². The van der Waals surface area contributed by atoms with Crippen LogP contribution in [0.3, 0.4) is 0 Å². The Labute approximate surface area is 98.1 Å². The Morgan fingerprint density at radius 1 is 1.44 bits per heavy atom. The quantitative estimate of drug-likeness (QED) is 0.513. The molecule has 0 aliphatic heterocycles. The van der Waals surface area contributed by atoms with Crippen molar-refractivity contribution in [3.63, 3.8) is 0 Å². The smallest absolute Gasteiger partial charge is 0.330 e. The fraction of sp³-hybridized carbons (Fsp3) is 0.692. The maximum absolute atomic E-state index is 12.0. The van der Waals surface area contributed by atoms with Crippen molar-refractivity contribution < 1.29 is 9.53 Å². The highest BCUT2D eigenvalue weighted by atomic mass is 16.5. The van der Waals surface area contributed by atoms with E-state index in [1.165, 1.54) is 0 Å². The summed E-state index contributed by atoms with van der Waals surface area (Å²) in [7, 11) is 0. The lowest BCUT2D eigenvalue weighted by Gasteiger charge is -2.26. The molecule has 0 aromatic heterocycles. The second-order valence-electron chi connectivity index (χ2n) is 3.66. The van der Waals surface area contributed by atoms with Gasteiger partial charge in [-0.2, -0.15) is 5.26 Å². The molecule has 90 valence electrons. The summed E-state index contributed by atoms with van der Waals surface area (Å²) in [4.78, 5) is 12.0. The van der Waals surface area contributed by atoms with Crippen molar-refractivity contribution in [3.05, 3.63) is 11.6 Å². The van der Waals surface area contributed by atoms with E-state index >= 15 is 0 Å². The van der Waals surface area contributed by atoms with Gasteiger partial charge in [0.25, 0.3) is 0 Å². The zero-order chi connectivity index (χ0) is 12.6. The summed E-state index contributed by atoms with van der Waals surface area (Å²) >= 11 is 0. The number of esters is 1. The van der Waals surface area contributed by atoms with E-state index in [0.29, 0.717) is 19.4 Å². The number of allylic oxidation sites excluding steroid dienone is 1. The molecule has 0 unspecified atom stereocenters. The monoisotopic (exact) mass is 223 g/mol. The Hall–Kier alpha value is -1.30. The topological polar surface area (TPSA) is 50.1 Å². The largest absolute Gasteiger partial charge is 0.465 e. The highest BCUT2D eigenvalue weighted by Crippen LogP contribution is 2.35. The first kappa shape index (κ1) is 14.7. The molecule has 0 radical (unpaired) electrons. The van der Waals surface area contributed by atoms with Gasteiger partial charge in [-0.15, -0.1) is 0 Å². The van der Waals surface area contributed by atoms with Gasteiger partial charge < -0.3 is 4.74 Å². The van der Waals surface area contributed by atoms with Crippen molar-refractivity contribution in [1.82, 2.24) is 0 Å². The van der Waals surface area contributed by atoms with Crippen LogP contribution in [0.1, 0.15) is 47.0 Å². The fourth-order valence-corrected chi connectivity index (χ4v) is 1.95. The van der Waals surface area contributed by atoms with Crippen LogP contribution in [-0.2, 0) is 9.53 Å². The molecule has 0 saturated carbocycles. The highest BCUT2D eigenvalue weighted by Gasteiger charge is 2.42. The second kappa shape index (κ2) is 7.05. The van der Waals surface area contributed by atoms with Crippen LogP contribution in [0, 0.1) is 16.7 Å². The Bertz CT molecular complexity index is 302. The number of rotatable bonds is 6. The van der Waals surface area contributed by atoms with Gasteiger partial charge in [0.2, 0.25) is 0 Å². The predicted octanol–water partition coefficient (Wildman–Crippen LogP) is 3.22. The normalized spacial score (nSPS) is 15.1. The highest BCUT2D eigenvalue weighted by molar-refractivity contribution is 5.84. The molecule has 0 spiro atoms. The van der Waals surface area contributed by atoms with Crippen LogP contribution >= 0.6 is 0 Å². The fourth-order valence-electron chi connectivity index (χ4n) is 1.95. The molecule has 0 fully saturated rings. The molecule has 3 nitrogen and oxygen atoms in total. The first-order chi connectivity index (χ1) is 7.62. The average Bonchev–Trinajstić information content (AvgIpc) is 2.29. The average molecular weight is 223 g/mol. The molecule has 0 amide bonds. The van der Waals surface area contributed by atoms with E-state index in [1.807, 2.05) is 26.8 Å². The number of nitriles is 1. The number of hydrogen-bond donors (Lipinski definition) is 0. The summed E-state index contributed by atoms with van der Waals surface area (Å²) in [6.45, 7) is 7.85. The summed E-state index contributed by atoms with van der Waals surface area (Å²) in [6.07, 6.45) is 3.86. The molecule has 0 rings (SSSR count). The van der Waals surface area contributed by atoms with Gasteiger partial charge in [-0.1, -0.05) is 26.3 Å². The lowest BCUT2D eigenvalue weighted by atomic mass is 9.76. The van der Waals surface area contributed by atoms with Crippen molar-refractivity contribution in [3.8, 4) is 6.07 Å². The minimum absolute atomic E-state index is 0.312. The first-order valence-electron chi connectivity index (χ1n) is 5.86. The third kappa shape index (κ3) is 2.85. The lowest BCUT2D eigenvalue weighted by molar-refractivity contribution is -0.150. The maximum atomic E-state index is 12.0. The van der Waals surface area contributed by atoms with Gasteiger partial charge in [0.1, 0.15) is 0 Å². The molecule has 3 heteroatoms. The van der Waals surface area contributed by atoms with Crippen molar-refractivity contribution in [2.24, 2.45) is 5.41 Å². The number of ether oxygens (including phenoxy) is 1. The molecule has 0 heterocycles.